The minimum atomic E-state index is -0.347. The van der Waals surface area contributed by atoms with Crippen molar-refractivity contribution in [2.75, 3.05) is 11.4 Å². The number of carbonyl (C=O) groups is 1. The van der Waals surface area contributed by atoms with Gasteiger partial charge in [-0.15, -0.1) is 11.7 Å². The molecular formula is C21H12Br2N4O2S. The van der Waals surface area contributed by atoms with Crippen LogP contribution in [0.15, 0.2) is 68.9 Å². The SMILES string of the molecule is C=CCN1C(=O)/C(=c2\sc3nc(-c4ccc(Br)cc4)nn3c2=O)c2cc(Br)ccc21. The lowest BCUT2D eigenvalue weighted by Crippen LogP contribution is -2.32. The average Bonchev–Trinajstić information content (AvgIpc) is 3.35. The lowest BCUT2D eigenvalue weighted by atomic mass is 10.1. The molecule has 9 heteroatoms. The third-order valence-electron chi connectivity index (χ3n) is 4.78. The lowest BCUT2D eigenvalue weighted by molar-refractivity contribution is -0.112. The Bertz CT molecular complexity index is 1460. The Morgan fingerprint density at radius 1 is 1.07 bits per heavy atom. The summed E-state index contributed by atoms with van der Waals surface area (Å²) in [7, 11) is 0. The highest BCUT2D eigenvalue weighted by Crippen LogP contribution is 2.37. The van der Waals surface area contributed by atoms with Gasteiger partial charge in [-0.05, 0) is 30.3 Å². The summed E-state index contributed by atoms with van der Waals surface area (Å²) in [6, 6.07) is 13.1. The van der Waals surface area contributed by atoms with Crippen LogP contribution in [0, 0.1) is 0 Å². The van der Waals surface area contributed by atoms with Crippen molar-refractivity contribution in [3.63, 3.8) is 0 Å². The number of benzene rings is 2. The van der Waals surface area contributed by atoms with Gasteiger partial charge in [0.15, 0.2) is 5.82 Å². The predicted octanol–water partition coefficient (Wildman–Crippen LogP) is 3.79. The van der Waals surface area contributed by atoms with E-state index >= 15 is 0 Å². The van der Waals surface area contributed by atoms with Crippen molar-refractivity contribution in [3.05, 3.63) is 84.5 Å². The molecule has 1 amide bonds. The van der Waals surface area contributed by atoms with Gasteiger partial charge in [0.05, 0.1) is 11.3 Å². The fraction of sp³-hybridized carbons (Fsp3) is 0.0476. The van der Waals surface area contributed by atoms with Crippen LogP contribution >= 0.6 is 43.2 Å². The van der Waals surface area contributed by atoms with E-state index in [1.165, 1.54) is 15.9 Å². The Morgan fingerprint density at radius 2 is 1.80 bits per heavy atom. The number of nitrogens with zero attached hydrogens (tertiary/aromatic N) is 4. The molecule has 6 nitrogen and oxygen atoms in total. The van der Waals surface area contributed by atoms with Gasteiger partial charge in [0.25, 0.3) is 11.5 Å². The molecule has 0 bridgehead atoms. The fourth-order valence-corrected chi connectivity index (χ4v) is 5.06. The molecule has 2 aromatic carbocycles. The summed E-state index contributed by atoms with van der Waals surface area (Å²) in [6.45, 7) is 4.10. The highest BCUT2D eigenvalue weighted by atomic mass is 79.9. The van der Waals surface area contributed by atoms with Gasteiger partial charge in [-0.3, -0.25) is 9.59 Å². The van der Waals surface area contributed by atoms with E-state index in [-0.39, 0.29) is 11.5 Å². The van der Waals surface area contributed by atoms with Crippen LogP contribution in [0.4, 0.5) is 5.69 Å². The number of aromatic nitrogens is 3. The van der Waals surface area contributed by atoms with Gasteiger partial charge in [0.1, 0.15) is 4.53 Å². The topological polar surface area (TPSA) is 67.6 Å². The Hall–Kier alpha value is -2.62. The minimum Gasteiger partial charge on any atom is -0.304 e. The van der Waals surface area contributed by atoms with E-state index < -0.39 is 0 Å². The maximum absolute atomic E-state index is 13.2. The summed E-state index contributed by atoms with van der Waals surface area (Å²) < 4.78 is 3.38. The molecule has 3 heterocycles. The van der Waals surface area contributed by atoms with Crippen LogP contribution < -0.4 is 15.0 Å². The third kappa shape index (κ3) is 2.96. The molecule has 0 unspecified atom stereocenters. The number of amides is 1. The van der Waals surface area contributed by atoms with Gasteiger partial charge in [-0.2, -0.15) is 9.50 Å². The van der Waals surface area contributed by atoms with Gasteiger partial charge in [0, 0.05) is 26.6 Å². The molecular weight excluding hydrogens is 532 g/mol. The zero-order valence-corrected chi connectivity index (χ0v) is 19.3. The molecule has 4 aromatic rings. The first kappa shape index (κ1) is 19.3. The lowest BCUT2D eigenvalue weighted by Gasteiger charge is -2.14. The molecule has 0 N–H and O–H groups in total. The second-order valence-electron chi connectivity index (χ2n) is 6.61. The number of hydrogen-bond donors (Lipinski definition) is 0. The molecule has 5 rings (SSSR count). The molecule has 0 fully saturated rings. The van der Waals surface area contributed by atoms with Crippen molar-refractivity contribution in [1.29, 1.82) is 0 Å². The molecule has 148 valence electrons. The number of carbonyl (C=O) groups excluding carboxylic acids is 1. The van der Waals surface area contributed by atoms with E-state index in [0.29, 0.717) is 33.0 Å². The van der Waals surface area contributed by atoms with Gasteiger partial charge < -0.3 is 4.90 Å². The molecule has 1 aliphatic heterocycles. The van der Waals surface area contributed by atoms with Gasteiger partial charge >= 0.3 is 0 Å². The van der Waals surface area contributed by atoms with Crippen LogP contribution in [-0.2, 0) is 4.79 Å². The highest BCUT2D eigenvalue weighted by molar-refractivity contribution is 9.10. The minimum absolute atomic E-state index is 0.224. The van der Waals surface area contributed by atoms with Crippen molar-refractivity contribution < 1.29 is 4.79 Å². The van der Waals surface area contributed by atoms with Crippen LogP contribution in [0.5, 0.6) is 0 Å². The maximum Gasteiger partial charge on any atom is 0.291 e. The van der Waals surface area contributed by atoms with Crippen LogP contribution in [0.25, 0.3) is 21.9 Å². The van der Waals surface area contributed by atoms with Crippen LogP contribution in [0.2, 0.25) is 0 Å². The quantitative estimate of drug-likeness (QED) is 0.369. The first-order valence-corrected chi connectivity index (χ1v) is 11.3. The van der Waals surface area contributed by atoms with Crippen LogP contribution in [-0.4, -0.2) is 27.0 Å². The smallest absolute Gasteiger partial charge is 0.291 e. The monoisotopic (exact) mass is 542 g/mol. The Morgan fingerprint density at radius 3 is 2.50 bits per heavy atom. The van der Waals surface area contributed by atoms with Crippen molar-refractivity contribution in [1.82, 2.24) is 14.6 Å². The first-order chi connectivity index (χ1) is 14.5. The summed E-state index contributed by atoms with van der Waals surface area (Å²) in [6.07, 6.45) is 1.66. The average molecular weight is 544 g/mol. The Kier molecular flexibility index (Phi) is 4.68. The number of halogens is 2. The molecule has 0 saturated carbocycles. The fourth-order valence-electron chi connectivity index (χ4n) is 3.44. The Balaban J connectivity index is 1.73. The van der Waals surface area contributed by atoms with Gasteiger partial charge in [-0.1, -0.05) is 61.4 Å². The third-order valence-corrected chi connectivity index (χ3v) is 6.83. The number of thiazole rings is 1. The van der Waals surface area contributed by atoms with Crippen molar-refractivity contribution in [2.45, 2.75) is 0 Å². The molecule has 30 heavy (non-hydrogen) atoms. The van der Waals surface area contributed by atoms with E-state index in [0.717, 1.165) is 20.2 Å². The predicted molar refractivity (Wildman–Crippen MR) is 125 cm³/mol. The molecule has 1 aliphatic rings. The number of anilines is 1. The first-order valence-electron chi connectivity index (χ1n) is 8.90. The van der Waals surface area contributed by atoms with Gasteiger partial charge in [-0.25, -0.2) is 0 Å². The molecule has 2 aromatic heterocycles. The van der Waals surface area contributed by atoms with Crippen molar-refractivity contribution in [2.24, 2.45) is 0 Å². The van der Waals surface area contributed by atoms with Crippen molar-refractivity contribution >= 4 is 65.3 Å². The van der Waals surface area contributed by atoms with E-state index in [1.54, 1.807) is 11.0 Å². The van der Waals surface area contributed by atoms with Crippen LogP contribution in [0.1, 0.15) is 5.56 Å². The van der Waals surface area contributed by atoms with E-state index in [4.69, 9.17) is 0 Å². The second-order valence-corrected chi connectivity index (χ2v) is 9.42. The summed E-state index contributed by atoms with van der Waals surface area (Å²) >= 11 is 8.04. The maximum atomic E-state index is 13.2. The van der Waals surface area contributed by atoms with Crippen molar-refractivity contribution in [3.8, 4) is 11.4 Å². The number of rotatable bonds is 3. The number of hydrogen-bond acceptors (Lipinski definition) is 5. The molecule has 0 aliphatic carbocycles. The van der Waals surface area contributed by atoms with Crippen LogP contribution in [0.3, 0.4) is 0 Å². The summed E-state index contributed by atoms with van der Waals surface area (Å²) in [4.78, 5) is 32.9. The van der Waals surface area contributed by atoms with E-state index in [2.05, 4.69) is 48.5 Å². The summed E-state index contributed by atoms with van der Waals surface area (Å²) in [5.74, 6) is 0.245. The second kappa shape index (κ2) is 7.26. The largest absolute Gasteiger partial charge is 0.304 e. The standard InChI is InChI=1S/C21H12Br2N4O2S/c1-2-9-26-15-8-7-13(23)10-14(15)16(19(26)28)17-20(29)27-21(30-17)24-18(25-27)11-3-5-12(22)6-4-11/h2-8,10H,1,9H2/b17-16-. The van der Waals surface area contributed by atoms with E-state index in [9.17, 15) is 9.59 Å². The Labute approximate surface area is 191 Å². The zero-order chi connectivity index (χ0) is 21.0. The van der Waals surface area contributed by atoms with E-state index in [1.807, 2.05) is 42.5 Å². The number of fused-ring (bicyclic) bond motifs is 2. The highest BCUT2D eigenvalue weighted by Gasteiger charge is 2.34. The zero-order valence-electron chi connectivity index (χ0n) is 15.3. The summed E-state index contributed by atoms with van der Waals surface area (Å²) in [5, 5.41) is 4.38. The molecule has 0 spiro atoms. The summed E-state index contributed by atoms with van der Waals surface area (Å²) in [5.41, 5.74) is 2.31. The molecule has 0 atom stereocenters. The molecule has 0 saturated heterocycles. The molecule has 0 radical (unpaired) electrons. The normalized spacial score (nSPS) is 15.1. The van der Waals surface area contributed by atoms with Gasteiger partial charge in [0.2, 0.25) is 4.96 Å².